The lowest BCUT2D eigenvalue weighted by Crippen LogP contribution is -2.18. The Morgan fingerprint density at radius 2 is 1.84 bits per heavy atom. The van der Waals surface area contributed by atoms with E-state index in [0.29, 0.717) is 17.5 Å². The topological polar surface area (TPSA) is 69.0 Å². The normalized spacial score (nSPS) is 12.4. The van der Waals surface area contributed by atoms with Crippen molar-refractivity contribution >= 4 is 23.4 Å². The summed E-state index contributed by atoms with van der Waals surface area (Å²) < 4.78 is 47.2. The highest BCUT2D eigenvalue weighted by molar-refractivity contribution is 7.99. The number of thioether (sulfide) groups is 1. The van der Waals surface area contributed by atoms with Crippen LogP contribution in [0.25, 0.3) is 0 Å². The monoisotopic (exact) mass is 464 g/mol. The van der Waals surface area contributed by atoms with Crippen molar-refractivity contribution in [1.29, 1.82) is 0 Å². The number of amides is 1. The van der Waals surface area contributed by atoms with Crippen LogP contribution in [0.2, 0.25) is 0 Å². The molecule has 0 aliphatic heterocycles. The van der Waals surface area contributed by atoms with E-state index in [9.17, 15) is 18.0 Å². The molecule has 3 rings (SSSR count). The molecular formula is C22H23F3N4O2S. The van der Waals surface area contributed by atoms with Gasteiger partial charge in [-0.05, 0) is 44.5 Å². The largest absolute Gasteiger partial charge is 0.482 e. The third kappa shape index (κ3) is 5.61. The molecule has 2 aromatic carbocycles. The van der Waals surface area contributed by atoms with Gasteiger partial charge in [0, 0.05) is 6.54 Å². The van der Waals surface area contributed by atoms with E-state index in [1.165, 1.54) is 18.2 Å². The lowest BCUT2D eigenvalue weighted by Gasteiger charge is -2.17. The summed E-state index contributed by atoms with van der Waals surface area (Å²) in [5, 5.41) is 11.2. The standard InChI is InChI=1S/C22H23F3N4O2S/c1-4-29-20(15(3)31-18-12-8-5-9-14(18)2)27-28-21(29)32-13-19(30)26-17-11-7-6-10-16(17)22(23,24)25/h5-12,15H,4,13H2,1-3H3,(H,26,30). The Kier molecular flexibility index (Phi) is 7.44. The van der Waals surface area contributed by atoms with Gasteiger partial charge >= 0.3 is 6.18 Å². The fourth-order valence-electron chi connectivity index (χ4n) is 3.09. The highest BCUT2D eigenvalue weighted by atomic mass is 32.2. The highest BCUT2D eigenvalue weighted by Crippen LogP contribution is 2.34. The zero-order valence-corrected chi connectivity index (χ0v) is 18.6. The summed E-state index contributed by atoms with van der Waals surface area (Å²) in [6.45, 7) is 6.27. The molecule has 1 atom stereocenters. The summed E-state index contributed by atoms with van der Waals surface area (Å²) in [7, 11) is 0. The van der Waals surface area contributed by atoms with E-state index in [4.69, 9.17) is 4.74 Å². The number of rotatable bonds is 8. The molecule has 0 saturated heterocycles. The van der Waals surface area contributed by atoms with Crippen molar-refractivity contribution in [2.24, 2.45) is 0 Å². The molecule has 32 heavy (non-hydrogen) atoms. The molecular weight excluding hydrogens is 441 g/mol. The molecule has 1 amide bonds. The van der Waals surface area contributed by atoms with Gasteiger partial charge in [-0.15, -0.1) is 10.2 Å². The van der Waals surface area contributed by atoms with Gasteiger partial charge in [-0.1, -0.05) is 42.1 Å². The number of carbonyl (C=O) groups is 1. The number of nitrogens with zero attached hydrogens (tertiary/aromatic N) is 3. The van der Waals surface area contributed by atoms with E-state index in [0.717, 1.165) is 29.1 Å². The first-order chi connectivity index (χ1) is 15.2. The van der Waals surface area contributed by atoms with Gasteiger partial charge < -0.3 is 14.6 Å². The van der Waals surface area contributed by atoms with Gasteiger partial charge in [0.1, 0.15) is 5.75 Å². The van der Waals surface area contributed by atoms with E-state index in [1.807, 2.05) is 49.6 Å². The minimum absolute atomic E-state index is 0.114. The number of hydrogen-bond donors (Lipinski definition) is 1. The Labute approximate surface area is 188 Å². The van der Waals surface area contributed by atoms with Crippen LogP contribution in [-0.2, 0) is 17.5 Å². The molecule has 1 heterocycles. The molecule has 0 radical (unpaired) electrons. The van der Waals surface area contributed by atoms with Crippen LogP contribution in [0.1, 0.15) is 36.9 Å². The first-order valence-corrected chi connectivity index (χ1v) is 10.9. The first kappa shape index (κ1) is 23.6. The number of alkyl halides is 3. The van der Waals surface area contributed by atoms with Gasteiger partial charge in [0.2, 0.25) is 5.91 Å². The number of aryl methyl sites for hydroxylation is 1. The van der Waals surface area contributed by atoms with Crippen molar-refractivity contribution in [1.82, 2.24) is 14.8 Å². The number of hydrogen-bond acceptors (Lipinski definition) is 5. The van der Waals surface area contributed by atoms with Crippen LogP contribution >= 0.6 is 11.8 Å². The Morgan fingerprint density at radius 3 is 2.53 bits per heavy atom. The molecule has 0 aliphatic carbocycles. The molecule has 170 valence electrons. The number of carbonyl (C=O) groups excluding carboxylic acids is 1. The van der Waals surface area contributed by atoms with Gasteiger partial charge in [0.25, 0.3) is 0 Å². The Morgan fingerprint density at radius 1 is 1.16 bits per heavy atom. The van der Waals surface area contributed by atoms with Crippen molar-refractivity contribution in [2.45, 2.75) is 44.8 Å². The van der Waals surface area contributed by atoms with E-state index in [1.54, 1.807) is 0 Å². The van der Waals surface area contributed by atoms with Crippen molar-refractivity contribution in [3.8, 4) is 5.75 Å². The van der Waals surface area contributed by atoms with Crippen molar-refractivity contribution < 1.29 is 22.7 Å². The number of benzene rings is 2. The second kappa shape index (κ2) is 10.1. The maximum Gasteiger partial charge on any atom is 0.418 e. The third-order valence-electron chi connectivity index (χ3n) is 4.66. The van der Waals surface area contributed by atoms with Crippen molar-refractivity contribution in [3.63, 3.8) is 0 Å². The Bertz CT molecular complexity index is 1090. The number of anilines is 1. The lowest BCUT2D eigenvalue weighted by molar-refractivity contribution is -0.137. The number of ether oxygens (including phenoxy) is 1. The van der Waals surface area contributed by atoms with Crippen LogP contribution in [0.3, 0.4) is 0 Å². The fraction of sp³-hybridized carbons (Fsp3) is 0.318. The molecule has 0 spiro atoms. The number of aromatic nitrogens is 3. The predicted molar refractivity (Wildman–Crippen MR) is 117 cm³/mol. The number of nitrogens with one attached hydrogen (secondary N) is 1. The molecule has 0 fully saturated rings. The molecule has 1 aromatic heterocycles. The molecule has 1 N–H and O–H groups in total. The Hall–Kier alpha value is -3.01. The van der Waals surface area contributed by atoms with Gasteiger partial charge in [-0.3, -0.25) is 4.79 Å². The van der Waals surface area contributed by atoms with Crippen LogP contribution in [0.15, 0.2) is 53.7 Å². The summed E-state index contributed by atoms with van der Waals surface area (Å²) in [6, 6.07) is 12.5. The number of halogens is 3. The average Bonchev–Trinajstić information content (AvgIpc) is 3.16. The molecule has 0 bridgehead atoms. The molecule has 1 unspecified atom stereocenters. The van der Waals surface area contributed by atoms with E-state index < -0.39 is 17.6 Å². The lowest BCUT2D eigenvalue weighted by atomic mass is 10.1. The molecule has 6 nitrogen and oxygen atoms in total. The third-order valence-corrected chi connectivity index (χ3v) is 5.63. The second-order valence-electron chi connectivity index (χ2n) is 6.99. The van der Waals surface area contributed by atoms with Crippen molar-refractivity contribution in [2.75, 3.05) is 11.1 Å². The van der Waals surface area contributed by atoms with Gasteiger partial charge in [-0.25, -0.2) is 0 Å². The quantitative estimate of drug-likeness (QED) is 0.446. The van der Waals surface area contributed by atoms with Gasteiger partial charge in [0.05, 0.1) is 17.0 Å². The fourth-order valence-corrected chi connectivity index (χ4v) is 3.90. The summed E-state index contributed by atoms with van der Waals surface area (Å²) in [4.78, 5) is 12.3. The molecule has 0 saturated carbocycles. The molecule has 0 aliphatic rings. The van der Waals surface area contributed by atoms with E-state index >= 15 is 0 Å². The van der Waals surface area contributed by atoms with Crippen molar-refractivity contribution in [3.05, 3.63) is 65.5 Å². The molecule has 3 aromatic rings. The summed E-state index contributed by atoms with van der Waals surface area (Å²) in [5.41, 5.74) is -0.171. The zero-order chi connectivity index (χ0) is 23.3. The van der Waals surface area contributed by atoms with Gasteiger partial charge in [0.15, 0.2) is 17.1 Å². The minimum atomic E-state index is -4.55. The van der Waals surface area contributed by atoms with Crippen LogP contribution in [0.5, 0.6) is 5.75 Å². The SMILES string of the molecule is CCn1c(SCC(=O)Nc2ccccc2C(F)(F)F)nnc1C(C)Oc1ccccc1C. The predicted octanol–water partition coefficient (Wildman–Crippen LogP) is 5.50. The van der Waals surface area contributed by atoms with Crippen LogP contribution in [0, 0.1) is 6.92 Å². The number of para-hydroxylation sites is 2. The zero-order valence-electron chi connectivity index (χ0n) is 17.8. The van der Waals surface area contributed by atoms with E-state index in [-0.39, 0.29) is 17.5 Å². The van der Waals surface area contributed by atoms with Gasteiger partial charge in [-0.2, -0.15) is 13.2 Å². The van der Waals surface area contributed by atoms with Crippen LogP contribution < -0.4 is 10.1 Å². The van der Waals surface area contributed by atoms with E-state index in [2.05, 4.69) is 15.5 Å². The summed E-state index contributed by atoms with van der Waals surface area (Å²) in [6.07, 6.45) is -4.94. The average molecular weight is 465 g/mol. The van der Waals surface area contributed by atoms with Crippen LogP contribution in [-0.4, -0.2) is 26.4 Å². The summed E-state index contributed by atoms with van der Waals surface area (Å²) >= 11 is 1.10. The first-order valence-electron chi connectivity index (χ1n) is 9.95. The highest BCUT2D eigenvalue weighted by Gasteiger charge is 2.33. The smallest absolute Gasteiger partial charge is 0.418 e. The maximum absolute atomic E-state index is 13.1. The van der Waals surface area contributed by atoms with Crippen LogP contribution in [0.4, 0.5) is 18.9 Å². The minimum Gasteiger partial charge on any atom is -0.482 e. The maximum atomic E-state index is 13.1. The second-order valence-corrected chi connectivity index (χ2v) is 7.93. The molecule has 10 heteroatoms. The Balaban J connectivity index is 1.67. The summed E-state index contributed by atoms with van der Waals surface area (Å²) in [5.74, 6) is 0.656.